The summed E-state index contributed by atoms with van der Waals surface area (Å²) >= 11 is 17.6. The lowest BCUT2D eigenvalue weighted by atomic mass is 9.96. The first-order chi connectivity index (χ1) is 23.0. The van der Waals surface area contributed by atoms with Crippen molar-refractivity contribution in [3.8, 4) is 34.0 Å². The third kappa shape index (κ3) is 7.54. The number of ether oxygens (including phenoxy) is 2. The van der Waals surface area contributed by atoms with Crippen molar-refractivity contribution in [2.75, 3.05) is 13.3 Å². The summed E-state index contributed by atoms with van der Waals surface area (Å²) in [4.78, 5) is 8.81. The quantitative estimate of drug-likeness (QED) is 0.141. The van der Waals surface area contributed by atoms with E-state index in [0.29, 0.717) is 38.4 Å². The van der Waals surface area contributed by atoms with Crippen LogP contribution in [0.3, 0.4) is 0 Å². The molecule has 12 heteroatoms. The standard InChI is InChI=1S/C36H33BrCl2N4O4S/c1-41-17-26-15-32(37)36(43-35(26)46-19-21-11-28(18-42-16-21)48(2,44)45)47-20-24-5-3-7-30(33(24)38)31-8-4-6-29(34(31)39)23-10-9-22-13-27(40)14-25(22)12-23/h3-12,15-16,18,27,41H,13-14,17,19-20,40H2,1-2H3/t27-/m0/s1. The van der Waals surface area contributed by atoms with Crippen LogP contribution < -0.4 is 20.5 Å². The molecule has 8 nitrogen and oxygen atoms in total. The first kappa shape index (κ1) is 34.4. The van der Waals surface area contributed by atoms with Crippen LogP contribution >= 0.6 is 39.1 Å². The van der Waals surface area contributed by atoms with E-state index in [1.54, 1.807) is 6.20 Å². The third-order valence-corrected chi connectivity index (χ3v) is 10.6. The molecule has 0 saturated carbocycles. The predicted octanol–water partition coefficient (Wildman–Crippen LogP) is 7.59. The SMILES string of the molecule is CNCc1cc(Br)c(OCc2cccc(-c3cccc(-c4ccc5c(c4)C[C@@H](N)C5)c3Cl)c2Cl)nc1OCc1cncc(S(C)(=O)=O)c1. The average molecular weight is 769 g/mol. The average Bonchev–Trinajstić information content (AvgIpc) is 3.44. The van der Waals surface area contributed by atoms with E-state index >= 15 is 0 Å². The summed E-state index contributed by atoms with van der Waals surface area (Å²) in [5.74, 6) is 0.648. The van der Waals surface area contributed by atoms with Crippen LogP contribution in [0.4, 0.5) is 0 Å². The molecule has 248 valence electrons. The minimum atomic E-state index is -3.41. The Morgan fingerprint density at radius 3 is 2.35 bits per heavy atom. The number of pyridine rings is 2. The third-order valence-electron chi connectivity index (χ3n) is 8.14. The number of nitrogens with zero attached hydrogens (tertiary/aromatic N) is 2. The van der Waals surface area contributed by atoms with Gasteiger partial charge in [0.1, 0.15) is 13.2 Å². The maximum atomic E-state index is 12.0. The van der Waals surface area contributed by atoms with Gasteiger partial charge in [-0.05, 0) is 64.6 Å². The lowest BCUT2D eigenvalue weighted by Gasteiger charge is -2.16. The van der Waals surface area contributed by atoms with E-state index in [2.05, 4.69) is 49.4 Å². The fourth-order valence-electron chi connectivity index (χ4n) is 5.76. The molecular weight excluding hydrogens is 735 g/mol. The Labute approximate surface area is 298 Å². The number of hydrogen-bond acceptors (Lipinski definition) is 8. The molecule has 0 saturated heterocycles. The van der Waals surface area contributed by atoms with Crippen LogP contribution in [-0.4, -0.2) is 37.7 Å². The van der Waals surface area contributed by atoms with Gasteiger partial charge in [-0.3, -0.25) is 4.98 Å². The van der Waals surface area contributed by atoms with Gasteiger partial charge in [0.15, 0.2) is 9.84 Å². The minimum Gasteiger partial charge on any atom is -0.472 e. The van der Waals surface area contributed by atoms with Gasteiger partial charge in [-0.15, -0.1) is 0 Å². The first-order valence-electron chi connectivity index (χ1n) is 15.2. The number of nitrogens with two attached hydrogens (primary N) is 1. The van der Waals surface area contributed by atoms with E-state index < -0.39 is 9.84 Å². The monoisotopic (exact) mass is 766 g/mol. The van der Waals surface area contributed by atoms with Crippen LogP contribution in [-0.2, 0) is 42.4 Å². The largest absolute Gasteiger partial charge is 0.472 e. The molecular formula is C36H33BrCl2N4O4S. The highest BCUT2D eigenvalue weighted by atomic mass is 79.9. The molecule has 1 aliphatic rings. The summed E-state index contributed by atoms with van der Waals surface area (Å²) in [6.07, 6.45) is 5.76. The van der Waals surface area contributed by atoms with Crippen LogP contribution in [0.1, 0.15) is 27.8 Å². The molecule has 0 radical (unpaired) electrons. The van der Waals surface area contributed by atoms with Gasteiger partial charge >= 0.3 is 0 Å². The Morgan fingerprint density at radius 2 is 1.58 bits per heavy atom. The lowest BCUT2D eigenvalue weighted by Crippen LogP contribution is -2.18. The Balaban J connectivity index is 1.23. The number of nitrogens with one attached hydrogen (secondary N) is 1. The van der Waals surface area contributed by atoms with Crippen LogP contribution in [0.25, 0.3) is 22.3 Å². The van der Waals surface area contributed by atoms with Crippen molar-refractivity contribution in [2.24, 2.45) is 5.73 Å². The normalized spacial score (nSPS) is 14.2. The van der Waals surface area contributed by atoms with Crippen LogP contribution in [0.2, 0.25) is 10.0 Å². The topological polar surface area (TPSA) is 116 Å². The zero-order valence-electron chi connectivity index (χ0n) is 26.3. The van der Waals surface area contributed by atoms with Crippen molar-refractivity contribution in [1.82, 2.24) is 15.3 Å². The van der Waals surface area contributed by atoms with Crippen LogP contribution in [0.15, 0.2) is 88.5 Å². The van der Waals surface area contributed by atoms with Crippen molar-refractivity contribution in [3.63, 3.8) is 0 Å². The zero-order valence-corrected chi connectivity index (χ0v) is 30.2. The maximum absolute atomic E-state index is 12.0. The molecule has 2 aromatic heterocycles. The molecule has 0 spiro atoms. The molecule has 1 atom stereocenters. The second kappa shape index (κ2) is 14.5. The summed E-state index contributed by atoms with van der Waals surface area (Å²) in [7, 11) is -1.59. The fraction of sp³-hybridized carbons (Fsp3) is 0.222. The molecule has 0 bridgehead atoms. The van der Waals surface area contributed by atoms with Gasteiger partial charge in [-0.25, -0.2) is 8.42 Å². The lowest BCUT2D eigenvalue weighted by molar-refractivity contribution is 0.263. The smallest absolute Gasteiger partial charge is 0.231 e. The number of sulfone groups is 1. The molecule has 48 heavy (non-hydrogen) atoms. The molecule has 0 fully saturated rings. The molecule has 3 aromatic carbocycles. The van der Waals surface area contributed by atoms with Gasteiger partial charge in [0.05, 0.1) is 19.4 Å². The number of benzene rings is 3. The van der Waals surface area contributed by atoms with E-state index in [1.165, 1.54) is 23.4 Å². The Kier molecular flexibility index (Phi) is 10.4. The number of fused-ring (bicyclic) bond motifs is 1. The molecule has 0 aliphatic heterocycles. The number of rotatable bonds is 11. The first-order valence-corrected chi connectivity index (χ1v) is 18.6. The number of halogens is 3. The maximum Gasteiger partial charge on any atom is 0.231 e. The Hall–Kier alpha value is -3.51. The Bertz CT molecular complexity index is 2110. The van der Waals surface area contributed by atoms with E-state index in [-0.39, 0.29) is 24.2 Å². The summed E-state index contributed by atoms with van der Waals surface area (Å²) in [6, 6.07) is 21.7. The van der Waals surface area contributed by atoms with E-state index in [4.69, 9.17) is 38.4 Å². The van der Waals surface area contributed by atoms with E-state index in [9.17, 15) is 8.42 Å². The number of hydrogen-bond donors (Lipinski definition) is 2. The highest BCUT2D eigenvalue weighted by Crippen LogP contribution is 2.41. The van der Waals surface area contributed by atoms with Gasteiger partial charge in [0.25, 0.3) is 0 Å². The van der Waals surface area contributed by atoms with Crippen molar-refractivity contribution in [3.05, 3.63) is 121 Å². The second-order valence-corrected chi connectivity index (χ2v) is 15.4. The van der Waals surface area contributed by atoms with E-state index in [0.717, 1.165) is 52.5 Å². The summed E-state index contributed by atoms with van der Waals surface area (Å²) in [6.45, 7) is 0.676. The van der Waals surface area contributed by atoms with Crippen molar-refractivity contribution in [1.29, 1.82) is 0 Å². The highest BCUT2D eigenvalue weighted by molar-refractivity contribution is 9.10. The highest BCUT2D eigenvalue weighted by Gasteiger charge is 2.21. The van der Waals surface area contributed by atoms with Crippen LogP contribution in [0, 0.1) is 0 Å². The van der Waals surface area contributed by atoms with Crippen molar-refractivity contribution >= 4 is 49.0 Å². The molecule has 1 aliphatic carbocycles. The second-order valence-electron chi connectivity index (χ2n) is 11.7. The molecule has 6 rings (SSSR count). The fourth-order valence-corrected chi connectivity index (χ4v) is 7.48. The van der Waals surface area contributed by atoms with Crippen molar-refractivity contribution in [2.45, 2.75) is 43.5 Å². The number of aromatic nitrogens is 2. The van der Waals surface area contributed by atoms with Gasteiger partial charge < -0.3 is 20.5 Å². The summed E-state index contributed by atoms with van der Waals surface area (Å²) in [5, 5.41) is 4.25. The van der Waals surface area contributed by atoms with Crippen LogP contribution in [0.5, 0.6) is 11.8 Å². The minimum absolute atomic E-state index is 0.0633. The summed E-state index contributed by atoms with van der Waals surface area (Å²) < 4.78 is 36.8. The zero-order chi connectivity index (χ0) is 34.0. The molecule has 0 amide bonds. The van der Waals surface area contributed by atoms with Gasteiger partial charge in [-0.1, -0.05) is 77.8 Å². The van der Waals surface area contributed by atoms with Gasteiger partial charge in [0, 0.05) is 64.6 Å². The molecule has 2 heterocycles. The molecule has 5 aromatic rings. The Morgan fingerprint density at radius 1 is 0.875 bits per heavy atom. The molecule has 3 N–H and O–H groups in total. The summed E-state index contributed by atoms with van der Waals surface area (Å²) in [5.41, 5.74) is 14.5. The van der Waals surface area contributed by atoms with Gasteiger partial charge in [0.2, 0.25) is 11.8 Å². The van der Waals surface area contributed by atoms with E-state index in [1.807, 2.05) is 49.5 Å². The van der Waals surface area contributed by atoms with Crippen molar-refractivity contribution < 1.29 is 17.9 Å². The van der Waals surface area contributed by atoms with Gasteiger partial charge in [-0.2, -0.15) is 4.98 Å². The predicted molar refractivity (Wildman–Crippen MR) is 193 cm³/mol. The molecule has 0 unspecified atom stereocenters.